The van der Waals surface area contributed by atoms with E-state index in [0.29, 0.717) is 24.3 Å². The molecule has 0 radical (unpaired) electrons. The summed E-state index contributed by atoms with van der Waals surface area (Å²) in [7, 11) is 0. The first-order valence-corrected chi connectivity index (χ1v) is 6.68. The van der Waals surface area contributed by atoms with Crippen LogP contribution in [0.1, 0.15) is 25.3 Å². The SMILES string of the molecule is CC(=O)N(CCNC(=O)C1CC1)c1ccccc1C#N. The molecule has 0 saturated heterocycles. The topological polar surface area (TPSA) is 73.2 Å². The van der Waals surface area contributed by atoms with E-state index >= 15 is 0 Å². The van der Waals surface area contributed by atoms with Crippen molar-refractivity contribution >= 4 is 17.5 Å². The summed E-state index contributed by atoms with van der Waals surface area (Å²) in [6.45, 7) is 2.22. The number of hydrogen-bond acceptors (Lipinski definition) is 3. The number of nitrogens with one attached hydrogen (secondary N) is 1. The molecule has 1 aromatic carbocycles. The van der Waals surface area contributed by atoms with Crippen molar-refractivity contribution in [3.8, 4) is 6.07 Å². The Morgan fingerprint density at radius 3 is 2.70 bits per heavy atom. The van der Waals surface area contributed by atoms with Crippen molar-refractivity contribution in [3.05, 3.63) is 29.8 Å². The Morgan fingerprint density at radius 2 is 2.10 bits per heavy atom. The van der Waals surface area contributed by atoms with Gasteiger partial charge in [0.15, 0.2) is 0 Å². The molecular formula is C15H17N3O2. The minimum absolute atomic E-state index is 0.0575. The number of benzene rings is 1. The van der Waals surface area contributed by atoms with Gasteiger partial charge in [-0.15, -0.1) is 0 Å². The third-order valence-electron chi connectivity index (χ3n) is 3.28. The van der Waals surface area contributed by atoms with E-state index in [1.165, 1.54) is 11.8 Å². The number of carbonyl (C=O) groups is 2. The number of carbonyl (C=O) groups excluding carboxylic acids is 2. The van der Waals surface area contributed by atoms with E-state index in [2.05, 4.69) is 11.4 Å². The average molecular weight is 271 g/mol. The molecule has 1 fully saturated rings. The van der Waals surface area contributed by atoms with Gasteiger partial charge in [-0.2, -0.15) is 5.26 Å². The molecular weight excluding hydrogens is 254 g/mol. The van der Waals surface area contributed by atoms with E-state index in [1.54, 1.807) is 24.3 Å². The number of amides is 2. The van der Waals surface area contributed by atoms with Crippen LogP contribution >= 0.6 is 0 Å². The molecule has 2 rings (SSSR count). The maximum absolute atomic E-state index is 11.7. The monoisotopic (exact) mass is 271 g/mol. The lowest BCUT2D eigenvalue weighted by Gasteiger charge is -2.22. The molecule has 0 unspecified atom stereocenters. The van der Waals surface area contributed by atoms with Gasteiger partial charge in [0.05, 0.1) is 11.3 Å². The predicted molar refractivity (Wildman–Crippen MR) is 74.9 cm³/mol. The molecule has 1 saturated carbocycles. The van der Waals surface area contributed by atoms with Crippen LogP contribution in [0.5, 0.6) is 0 Å². The highest BCUT2D eigenvalue weighted by Gasteiger charge is 2.29. The van der Waals surface area contributed by atoms with Crippen molar-refractivity contribution in [2.75, 3.05) is 18.0 Å². The number of nitriles is 1. The Kier molecular flexibility index (Phi) is 4.36. The molecule has 20 heavy (non-hydrogen) atoms. The van der Waals surface area contributed by atoms with Crippen LogP contribution in [0.4, 0.5) is 5.69 Å². The van der Waals surface area contributed by atoms with Crippen LogP contribution in [0.2, 0.25) is 0 Å². The summed E-state index contributed by atoms with van der Waals surface area (Å²) >= 11 is 0. The normalized spacial score (nSPS) is 13.4. The molecule has 104 valence electrons. The average Bonchev–Trinajstić information content (AvgIpc) is 3.27. The largest absolute Gasteiger partial charge is 0.354 e. The van der Waals surface area contributed by atoms with E-state index in [9.17, 15) is 9.59 Å². The van der Waals surface area contributed by atoms with Crippen molar-refractivity contribution in [1.82, 2.24) is 5.32 Å². The molecule has 0 heterocycles. The van der Waals surface area contributed by atoms with Crippen molar-refractivity contribution in [2.45, 2.75) is 19.8 Å². The molecule has 0 spiro atoms. The molecule has 0 aromatic heterocycles. The zero-order valence-corrected chi connectivity index (χ0v) is 11.4. The van der Waals surface area contributed by atoms with Gasteiger partial charge >= 0.3 is 0 Å². The highest BCUT2D eigenvalue weighted by atomic mass is 16.2. The maximum Gasteiger partial charge on any atom is 0.223 e. The second-order valence-corrected chi connectivity index (χ2v) is 4.86. The quantitative estimate of drug-likeness (QED) is 0.880. The fourth-order valence-electron chi connectivity index (χ4n) is 2.03. The summed E-state index contributed by atoms with van der Waals surface area (Å²) in [5.41, 5.74) is 1.04. The lowest BCUT2D eigenvalue weighted by Crippen LogP contribution is -2.38. The lowest BCUT2D eigenvalue weighted by atomic mass is 10.1. The third kappa shape index (κ3) is 3.35. The van der Waals surface area contributed by atoms with Crippen LogP contribution in [-0.2, 0) is 9.59 Å². The first-order chi connectivity index (χ1) is 9.63. The molecule has 1 aliphatic rings. The first kappa shape index (κ1) is 14.1. The third-order valence-corrected chi connectivity index (χ3v) is 3.28. The van der Waals surface area contributed by atoms with E-state index in [1.807, 2.05) is 0 Å². The fraction of sp³-hybridized carbons (Fsp3) is 0.400. The van der Waals surface area contributed by atoms with E-state index in [4.69, 9.17) is 5.26 Å². The Hall–Kier alpha value is -2.35. The number of nitrogens with zero attached hydrogens (tertiary/aromatic N) is 2. The summed E-state index contributed by atoms with van der Waals surface area (Å²) in [5, 5.41) is 11.9. The predicted octanol–water partition coefficient (Wildman–Crippen LogP) is 1.44. The molecule has 5 nitrogen and oxygen atoms in total. The van der Waals surface area contributed by atoms with Crippen molar-refractivity contribution in [2.24, 2.45) is 5.92 Å². The second-order valence-electron chi connectivity index (χ2n) is 4.86. The van der Waals surface area contributed by atoms with Crippen molar-refractivity contribution in [1.29, 1.82) is 5.26 Å². The molecule has 2 amide bonds. The molecule has 0 aliphatic heterocycles. The second kappa shape index (κ2) is 6.20. The molecule has 1 N–H and O–H groups in total. The van der Waals surface area contributed by atoms with Crippen LogP contribution in [0.3, 0.4) is 0 Å². The summed E-state index contributed by atoms with van der Waals surface area (Å²) in [5.74, 6) is 0.0719. The summed E-state index contributed by atoms with van der Waals surface area (Å²) in [6.07, 6.45) is 1.92. The maximum atomic E-state index is 11.7. The van der Waals surface area contributed by atoms with E-state index < -0.39 is 0 Å². The van der Waals surface area contributed by atoms with Crippen LogP contribution in [0.25, 0.3) is 0 Å². The Morgan fingerprint density at radius 1 is 1.40 bits per heavy atom. The highest BCUT2D eigenvalue weighted by molar-refractivity contribution is 5.93. The standard InChI is InChI=1S/C15H17N3O2/c1-11(19)18(9-8-17-15(20)12-6-7-12)14-5-3-2-4-13(14)10-16/h2-5,12H,6-9H2,1H3,(H,17,20). The Bertz CT molecular complexity index is 558. The molecule has 0 atom stereocenters. The number of para-hydroxylation sites is 1. The van der Waals surface area contributed by atoms with Gasteiger partial charge in [0.1, 0.15) is 6.07 Å². The minimum Gasteiger partial charge on any atom is -0.354 e. The Balaban J connectivity index is 2.01. The number of hydrogen-bond donors (Lipinski definition) is 1. The van der Waals surface area contributed by atoms with E-state index in [-0.39, 0.29) is 17.7 Å². The zero-order valence-electron chi connectivity index (χ0n) is 11.4. The fourth-order valence-corrected chi connectivity index (χ4v) is 2.03. The van der Waals surface area contributed by atoms with Crippen LogP contribution in [0.15, 0.2) is 24.3 Å². The van der Waals surface area contributed by atoms with Gasteiger partial charge in [-0.25, -0.2) is 0 Å². The lowest BCUT2D eigenvalue weighted by molar-refractivity contribution is -0.122. The van der Waals surface area contributed by atoms with Gasteiger partial charge in [0.25, 0.3) is 0 Å². The van der Waals surface area contributed by atoms with Crippen LogP contribution in [-0.4, -0.2) is 24.9 Å². The van der Waals surface area contributed by atoms with Crippen LogP contribution in [0, 0.1) is 17.2 Å². The number of rotatable bonds is 5. The van der Waals surface area contributed by atoms with E-state index in [0.717, 1.165) is 12.8 Å². The smallest absolute Gasteiger partial charge is 0.223 e. The first-order valence-electron chi connectivity index (χ1n) is 6.68. The molecule has 0 bridgehead atoms. The molecule has 5 heteroatoms. The van der Waals surface area contributed by atoms with Crippen LogP contribution < -0.4 is 10.2 Å². The van der Waals surface area contributed by atoms with Gasteiger partial charge in [0, 0.05) is 25.9 Å². The zero-order chi connectivity index (χ0) is 14.5. The minimum atomic E-state index is -0.145. The summed E-state index contributed by atoms with van der Waals surface area (Å²) in [6, 6.07) is 9.04. The summed E-state index contributed by atoms with van der Waals surface area (Å²) < 4.78 is 0. The highest BCUT2D eigenvalue weighted by Crippen LogP contribution is 2.28. The van der Waals surface area contributed by atoms with Crippen molar-refractivity contribution in [3.63, 3.8) is 0 Å². The van der Waals surface area contributed by atoms with Gasteiger partial charge in [-0.3, -0.25) is 9.59 Å². The molecule has 1 aromatic rings. The Labute approximate surface area is 118 Å². The van der Waals surface area contributed by atoms with Gasteiger partial charge in [0.2, 0.25) is 11.8 Å². The van der Waals surface area contributed by atoms with Gasteiger partial charge in [-0.05, 0) is 25.0 Å². The summed E-state index contributed by atoms with van der Waals surface area (Å²) in [4.78, 5) is 24.8. The van der Waals surface area contributed by atoms with Crippen molar-refractivity contribution < 1.29 is 9.59 Å². The molecule has 1 aliphatic carbocycles. The van der Waals surface area contributed by atoms with Gasteiger partial charge in [-0.1, -0.05) is 12.1 Å². The number of anilines is 1. The van der Waals surface area contributed by atoms with Gasteiger partial charge < -0.3 is 10.2 Å².